The molecule has 1 nitrogen and oxygen atoms in total. The second kappa shape index (κ2) is 6.23. The Hall–Kier alpha value is -1.60. The summed E-state index contributed by atoms with van der Waals surface area (Å²) in [6.07, 6.45) is 4.05. The summed E-state index contributed by atoms with van der Waals surface area (Å²) in [4.78, 5) is 0. The number of rotatable bonds is 3. The van der Waals surface area contributed by atoms with E-state index in [2.05, 4.69) is 60.7 Å². The molecule has 0 aromatic heterocycles. The van der Waals surface area contributed by atoms with Crippen LogP contribution in [0.4, 0.5) is 0 Å². The van der Waals surface area contributed by atoms with E-state index in [0.29, 0.717) is 11.8 Å². The molecule has 3 rings (SSSR count). The summed E-state index contributed by atoms with van der Waals surface area (Å²) < 4.78 is 0. The summed E-state index contributed by atoms with van der Waals surface area (Å²) in [6.45, 7) is 0. The van der Waals surface area contributed by atoms with Crippen molar-refractivity contribution in [2.75, 3.05) is 0 Å². The summed E-state index contributed by atoms with van der Waals surface area (Å²) in [5, 5.41) is 9.75. The van der Waals surface area contributed by atoms with Crippen molar-refractivity contribution in [2.24, 2.45) is 5.92 Å². The van der Waals surface area contributed by atoms with Crippen LogP contribution < -0.4 is 0 Å². The fraction of sp³-hybridized carbons (Fsp3) is 0.368. The van der Waals surface area contributed by atoms with Gasteiger partial charge in [0.25, 0.3) is 0 Å². The summed E-state index contributed by atoms with van der Waals surface area (Å²) in [7, 11) is 0. The van der Waals surface area contributed by atoms with Gasteiger partial charge in [0.05, 0.1) is 6.10 Å². The summed E-state index contributed by atoms with van der Waals surface area (Å²) in [5.74, 6) is 1.10. The zero-order chi connectivity index (χ0) is 13.8. The second-order valence-electron chi connectivity index (χ2n) is 5.87. The van der Waals surface area contributed by atoms with Crippen molar-refractivity contribution in [3.8, 4) is 0 Å². The molecule has 1 fully saturated rings. The first-order valence-corrected chi connectivity index (χ1v) is 7.62. The molecule has 2 aromatic rings. The second-order valence-corrected chi connectivity index (χ2v) is 5.87. The molecule has 20 heavy (non-hydrogen) atoms. The first-order valence-electron chi connectivity index (χ1n) is 7.62. The van der Waals surface area contributed by atoms with Crippen molar-refractivity contribution in [3.63, 3.8) is 0 Å². The van der Waals surface area contributed by atoms with Gasteiger partial charge in [-0.15, -0.1) is 0 Å². The molecule has 1 heteroatoms. The smallest absolute Gasteiger partial charge is 0.0540 e. The Balaban J connectivity index is 1.92. The molecule has 1 saturated carbocycles. The van der Waals surface area contributed by atoms with E-state index in [1.54, 1.807) is 0 Å². The van der Waals surface area contributed by atoms with Gasteiger partial charge in [-0.05, 0) is 42.7 Å². The van der Waals surface area contributed by atoms with Crippen LogP contribution in [0.2, 0.25) is 0 Å². The molecule has 0 amide bonds. The van der Waals surface area contributed by atoms with Crippen LogP contribution in [0.5, 0.6) is 0 Å². The van der Waals surface area contributed by atoms with Gasteiger partial charge < -0.3 is 5.11 Å². The van der Waals surface area contributed by atoms with Gasteiger partial charge in [0.1, 0.15) is 0 Å². The molecule has 0 bridgehead atoms. The van der Waals surface area contributed by atoms with Crippen molar-refractivity contribution in [1.82, 2.24) is 0 Å². The van der Waals surface area contributed by atoms with E-state index < -0.39 is 0 Å². The molecule has 0 saturated heterocycles. The van der Waals surface area contributed by atoms with E-state index in [-0.39, 0.29) is 6.10 Å². The Morgan fingerprint density at radius 2 is 1.15 bits per heavy atom. The molecule has 0 aliphatic heterocycles. The van der Waals surface area contributed by atoms with E-state index >= 15 is 0 Å². The Kier molecular flexibility index (Phi) is 4.17. The van der Waals surface area contributed by atoms with Gasteiger partial charge in [-0.25, -0.2) is 0 Å². The minimum Gasteiger partial charge on any atom is -0.393 e. The van der Waals surface area contributed by atoms with Gasteiger partial charge in [-0.3, -0.25) is 0 Å². The third kappa shape index (κ3) is 2.94. The van der Waals surface area contributed by atoms with Crippen LogP contribution in [-0.2, 0) is 0 Å². The van der Waals surface area contributed by atoms with Gasteiger partial charge in [-0.2, -0.15) is 0 Å². The molecule has 104 valence electrons. The first-order chi connectivity index (χ1) is 9.84. The molecule has 0 spiro atoms. The van der Waals surface area contributed by atoms with Crippen molar-refractivity contribution in [3.05, 3.63) is 71.8 Å². The van der Waals surface area contributed by atoms with Crippen molar-refractivity contribution >= 4 is 0 Å². The minimum atomic E-state index is -0.0848. The van der Waals surface area contributed by atoms with E-state index in [0.717, 1.165) is 25.7 Å². The Bertz CT molecular complexity index is 472. The number of benzene rings is 2. The highest BCUT2D eigenvalue weighted by molar-refractivity contribution is 5.33. The lowest BCUT2D eigenvalue weighted by Crippen LogP contribution is -2.23. The number of hydrogen-bond acceptors (Lipinski definition) is 1. The van der Waals surface area contributed by atoms with Crippen LogP contribution in [-0.4, -0.2) is 11.2 Å². The van der Waals surface area contributed by atoms with Crippen LogP contribution in [0, 0.1) is 5.92 Å². The molecule has 0 heterocycles. The fourth-order valence-electron chi connectivity index (χ4n) is 3.49. The molecule has 0 atom stereocenters. The molecule has 0 radical (unpaired) electrons. The maximum atomic E-state index is 9.75. The molecule has 1 N–H and O–H groups in total. The standard InChI is InChI=1S/C19H22O/c20-18-13-11-17(12-14-18)19(15-7-3-1-4-8-15)16-9-5-2-6-10-16/h1-10,17-20H,11-14H2. The third-order valence-electron chi connectivity index (χ3n) is 4.53. The average Bonchev–Trinajstić information content (AvgIpc) is 2.52. The quantitative estimate of drug-likeness (QED) is 0.874. The Labute approximate surface area is 121 Å². The van der Waals surface area contributed by atoms with Crippen molar-refractivity contribution in [2.45, 2.75) is 37.7 Å². The predicted octanol–water partition coefficient (Wildman–Crippen LogP) is 4.37. The molecule has 1 aliphatic rings. The largest absolute Gasteiger partial charge is 0.393 e. The summed E-state index contributed by atoms with van der Waals surface area (Å²) in [5.41, 5.74) is 2.81. The van der Waals surface area contributed by atoms with E-state index in [9.17, 15) is 5.11 Å². The minimum absolute atomic E-state index is 0.0848. The zero-order valence-electron chi connectivity index (χ0n) is 11.8. The number of aliphatic hydroxyl groups is 1. The summed E-state index contributed by atoms with van der Waals surface area (Å²) >= 11 is 0. The van der Waals surface area contributed by atoms with E-state index in [1.165, 1.54) is 11.1 Å². The lowest BCUT2D eigenvalue weighted by Gasteiger charge is -2.33. The molecular formula is C19H22O. The van der Waals surface area contributed by atoms with Gasteiger partial charge in [0, 0.05) is 5.92 Å². The normalized spacial score (nSPS) is 22.9. The predicted molar refractivity (Wildman–Crippen MR) is 82.7 cm³/mol. The molecule has 1 aliphatic carbocycles. The SMILES string of the molecule is OC1CCC(C(c2ccccc2)c2ccccc2)CC1. The highest BCUT2D eigenvalue weighted by atomic mass is 16.3. The highest BCUT2D eigenvalue weighted by Gasteiger charge is 2.28. The zero-order valence-corrected chi connectivity index (χ0v) is 11.8. The lowest BCUT2D eigenvalue weighted by molar-refractivity contribution is 0.104. The van der Waals surface area contributed by atoms with Gasteiger partial charge >= 0.3 is 0 Å². The Morgan fingerprint density at radius 3 is 1.60 bits per heavy atom. The Morgan fingerprint density at radius 1 is 0.700 bits per heavy atom. The van der Waals surface area contributed by atoms with Crippen LogP contribution in [0.15, 0.2) is 60.7 Å². The molecular weight excluding hydrogens is 244 g/mol. The first kappa shape index (κ1) is 13.4. The average molecular weight is 266 g/mol. The topological polar surface area (TPSA) is 20.2 Å². The third-order valence-corrected chi connectivity index (χ3v) is 4.53. The van der Waals surface area contributed by atoms with Crippen LogP contribution in [0.25, 0.3) is 0 Å². The van der Waals surface area contributed by atoms with Crippen LogP contribution in [0.3, 0.4) is 0 Å². The lowest BCUT2D eigenvalue weighted by atomic mass is 9.73. The maximum Gasteiger partial charge on any atom is 0.0540 e. The molecule has 0 unspecified atom stereocenters. The maximum absolute atomic E-state index is 9.75. The van der Waals surface area contributed by atoms with E-state index in [4.69, 9.17) is 0 Å². The number of aliphatic hydroxyl groups excluding tert-OH is 1. The molecule has 2 aromatic carbocycles. The van der Waals surface area contributed by atoms with Crippen LogP contribution >= 0.6 is 0 Å². The van der Waals surface area contributed by atoms with Crippen molar-refractivity contribution in [1.29, 1.82) is 0 Å². The van der Waals surface area contributed by atoms with Gasteiger partial charge in [0.2, 0.25) is 0 Å². The highest BCUT2D eigenvalue weighted by Crippen LogP contribution is 2.40. The fourth-order valence-corrected chi connectivity index (χ4v) is 3.49. The van der Waals surface area contributed by atoms with Gasteiger partial charge in [0.15, 0.2) is 0 Å². The van der Waals surface area contributed by atoms with Crippen LogP contribution in [0.1, 0.15) is 42.7 Å². The van der Waals surface area contributed by atoms with Gasteiger partial charge in [-0.1, -0.05) is 60.7 Å². The summed E-state index contributed by atoms with van der Waals surface area (Å²) in [6, 6.07) is 21.6. The van der Waals surface area contributed by atoms with E-state index in [1.807, 2.05) is 0 Å². The monoisotopic (exact) mass is 266 g/mol. The van der Waals surface area contributed by atoms with Crippen molar-refractivity contribution < 1.29 is 5.11 Å². The number of hydrogen-bond donors (Lipinski definition) is 1.